The molecule has 9 nitrogen and oxygen atoms in total. The zero-order valence-electron chi connectivity index (χ0n) is 18.0. The summed E-state index contributed by atoms with van der Waals surface area (Å²) in [5.41, 5.74) is 2.30. The number of amides is 1. The number of sulfonamides is 1. The number of H-pyrrole nitrogens is 1. The lowest BCUT2D eigenvalue weighted by Gasteiger charge is -2.13. The van der Waals surface area contributed by atoms with Gasteiger partial charge in [-0.2, -0.15) is 0 Å². The van der Waals surface area contributed by atoms with Gasteiger partial charge in [0.2, 0.25) is 0 Å². The SMILES string of the molecule is COc1ccc(NS(=O)(=O)c2ccc(CNC(=O)c3cc4cnccc4[nH]3)cc2)c(OC)c1. The van der Waals surface area contributed by atoms with Crippen LogP contribution in [0, 0.1) is 0 Å². The van der Waals surface area contributed by atoms with Crippen molar-refractivity contribution >= 4 is 32.5 Å². The summed E-state index contributed by atoms with van der Waals surface area (Å²) in [6.45, 7) is 0.243. The highest BCUT2D eigenvalue weighted by Crippen LogP contribution is 2.30. The molecule has 4 aromatic rings. The standard InChI is InChI=1S/C23H22N4O5S/c1-31-17-5-8-20(22(12-17)32-2)27-33(29,30)18-6-3-15(4-7-18)13-25-23(28)21-11-16-14-24-10-9-19(16)26-21/h3-12,14,26-27H,13H2,1-2H3,(H,25,28). The fourth-order valence-electron chi connectivity index (χ4n) is 3.25. The maximum atomic E-state index is 12.8. The quantitative estimate of drug-likeness (QED) is 0.366. The van der Waals surface area contributed by atoms with E-state index in [2.05, 4.69) is 20.0 Å². The summed E-state index contributed by atoms with van der Waals surface area (Å²) in [5, 5.41) is 3.66. The van der Waals surface area contributed by atoms with E-state index in [-0.39, 0.29) is 17.3 Å². The molecule has 0 saturated carbocycles. The fraction of sp³-hybridized carbons (Fsp3) is 0.130. The molecule has 0 aliphatic heterocycles. The van der Waals surface area contributed by atoms with E-state index in [0.29, 0.717) is 22.9 Å². The Bertz CT molecular complexity index is 1370. The van der Waals surface area contributed by atoms with E-state index in [0.717, 1.165) is 16.5 Å². The number of anilines is 1. The Hall–Kier alpha value is -4.05. The molecule has 0 aliphatic carbocycles. The average Bonchev–Trinajstić information content (AvgIpc) is 3.27. The number of pyridine rings is 1. The third kappa shape index (κ3) is 4.90. The fourth-order valence-corrected chi connectivity index (χ4v) is 4.32. The number of hydrogen-bond donors (Lipinski definition) is 3. The molecule has 0 fully saturated rings. The van der Waals surface area contributed by atoms with Crippen LogP contribution < -0.4 is 19.5 Å². The molecule has 0 radical (unpaired) electrons. The van der Waals surface area contributed by atoms with Gasteiger partial charge in [-0.3, -0.25) is 14.5 Å². The minimum absolute atomic E-state index is 0.0820. The highest BCUT2D eigenvalue weighted by molar-refractivity contribution is 7.92. The van der Waals surface area contributed by atoms with Gasteiger partial charge < -0.3 is 19.8 Å². The van der Waals surface area contributed by atoms with E-state index in [9.17, 15) is 13.2 Å². The van der Waals surface area contributed by atoms with Gasteiger partial charge >= 0.3 is 0 Å². The summed E-state index contributed by atoms with van der Waals surface area (Å²) in [7, 11) is -0.879. The molecule has 2 heterocycles. The molecule has 10 heteroatoms. The molecule has 0 unspecified atom stereocenters. The first-order chi connectivity index (χ1) is 15.9. The van der Waals surface area contributed by atoms with Crippen molar-refractivity contribution in [1.82, 2.24) is 15.3 Å². The van der Waals surface area contributed by atoms with Crippen LogP contribution in [0.1, 0.15) is 16.1 Å². The maximum absolute atomic E-state index is 12.8. The number of aromatic nitrogens is 2. The molecule has 33 heavy (non-hydrogen) atoms. The number of aromatic amines is 1. The van der Waals surface area contributed by atoms with Crippen LogP contribution in [0.2, 0.25) is 0 Å². The highest BCUT2D eigenvalue weighted by Gasteiger charge is 2.17. The number of nitrogens with zero attached hydrogens (tertiary/aromatic N) is 1. The predicted octanol–water partition coefficient (Wildman–Crippen LogP) is 3.31. The van der Waals surface area contributed by atoms with Crippen LogP contribution in [0.5, 0.6) is 11.5 Å². The van der Waals surface area contributed by atoms with Crippen molar-refractivity contribution in [2.45, 2.75) is 11.4 Å². The van der Waals surface area contributed by atoms with Crippen LogP contribution in [0.15, 0.2) is 71.9 Å². The Morgan fingerprint density at radius 2 is 1.82 bits per heavy atom. The number of carbonyl (C=O) groups is 1. The lowest BCUT2D eigenvalue weighted by molar-refractivity contribution is 0.0946. The van der Waals surface area contributed by atoms with Crippen molar-refractivity contribution in [2.24, 2.45) is 0 Å². The number of carbonyl (C=O) groups excluding carboxylic acids is 1. The summed E-state index contributed by atoms with van der Waals surface area (Å²) in [4.78, 5) is 19.6. The molecule has 3 N–H and O–H groups in total. The summed E-state index contributed by atoms with van der Waals surface area (Å²) in [5.74, 6) is 0.617. The normalized spacial score (nSPS) is 11.2. The van der Waals surface area contributed by atoms with E-state index in [4.69, 9.17) is 9.47 Å². The Morgan fingerprint density at radius 3 is 2.52 bits per heavy atom. The van der Waals surface area contributed by atoms with Crippen LogP contribution in [0.25, 0.3) is 10.9 Å². The van der Waals surface area contributed by atoms with Gasteiger partial charge in [-0.25, -0.2) is 8.42 Å². The first kappa shape index (κ1) is 22.2. The third-order valence-electron chi connectivity index (χ3n) is 5.01. The molecule has 170 valence electrons. The van der Waals surface area contributed by atoms with Gasteiger partial charge in [0.1, 0.15) is 17.2 Å². The molecule has 2 aromatic carbocycles. The Labute approximate surface area is 190 Å². The van der Waals surface area contributed by atoms with E-state index in [1.54, 1.807) is 54.9 Å². The van der Waals surface area contributed by atoms with Gasteiger partial charge in [0.25, 0.3) is 15.9 Å². The van der Waals surface area contributed by atoms with Gasteiger partial charge in [-0.1, -0.05) is 12.1 Å². The molecular formula is C23H22N4O5S. The molecule has 0 saturated heterocycles. The van der Waals surface area contributed by atoms with E-state index in [1.807, 2.05) is 0 Å². The lowest BCUT2D eigenvalue weighted by Crippen LogP contribution is -2.23. The summed E-state index contributed by atoms with van der Waals surface area (Å²) in [6, 6.07) is 14.6. The van der Waals surface area contributed by atoms with Crippen molar-refractivity contribution < 1.29 is 22.7 Å². The van der Waals surface area contributed by atoms with Crippen molar-refractivity contribution in [3.05, 3.63) is 78.2 Å². The number of hydrogen-bond acceptors (Lipinski definition) is 6. The third-order valence-corrected chi connectivity index (χ3v) is 6.39. The summed E-state index contributed by atoms with van der Waals surface area (Å²) >= 11 is 0. The largest absolute Gasteiger partial charge is 0.497 e. The monoisotopic (exact) mass is 466 g/mol. The molecule has 1 amide bonds. The summed E-state index contributed by atoms with van der Waals surface area (Å²) < 4.78 is 38.5. The number of rotatable bonds is 8. The van der Waals surface area contributed by atoms with Crippen molar-refractivity contribution in [3.63, 3.8) is 0 Å². The Morgan fingerprint density at radius 1 is 1.03 bits per heavy atom. The van der Waals surface area contributed by atoms with Crippen LogP contribution in [-0.4, -0.2) is 38.5 Å². The van der Waals surface area contributed by atoms with Gasteiger partial charge in [-0.15, -0.1) is 0 Å². The molecule has 0 bridgehead atoms. The number of ether oxygens (including phenoxy) is 2. The number of methoxy groups -OCH3 is 2. The zero-order valence-corrected chi connectivity index (χ0v) is 18.8. The molecule has 2 aromatic heterocycles. The molecule has 0 atom stereocenters. The number of nitrogens with one attached hydrogen (secondary N) is 3. The van der Waals surface area contributed by atoms with Crippen LogP contribution in [0.3, 0.4) is 0 Å². The second-order valence-electron chi connectivity index (χ2n) is 7.14. The highest BCUT2D eigenvalue weighted by atomic mass is 32.2. The maximum Gasteiger partial charge on any atom is 0.267 e. The van der Waals surface area contributed by atoms with Crippen LogP contribution in [0.4, 0.5) is 5.69 Å². The topological polar surface area (TPSA) is 122 Å². The Kier molecular flexibility index (Phi) is 6.18. The second kappa shape index (κ2) is 9.21. The summed E-state index contributed by atoms with van der Waals surface area (Å²) in [6.07, 6.45) is 3.33. The average molecular weight is 467 g/mol. The molecular weight excluding hydrogens is 444 g/mol. The second-order valence-corrected chi connectivity index (χ2v) is 8.83. The van der Waals surface area contributed by atoms with E-state index < -0.39 is 10.0 Å². The molecule has 0 aliphatic rings. The lowest BCUT2D eigenvalue weighted by atomic mass is 10.2. The van der Waals surface area contributed by atoms with Crippen LogP contribution >= 0.6 is 0 Å². The number of benzene rings is 2. The van der Waals surface area contributed by atoms with E-state index >= 15 is 0 Å². The predicted molar refractivity (Wildman–Crippen MR) is 124 cm³/mol. The smallest absolute Gasteiger partial charge is 0.267 e. The van der Waals surface area contributed by atoms with E-state index in [1.165, 1.54) is 26.4 Å². The first-order valence-electron chi connectivity index (χ1n) is 9.94. The van der Waals surface area contributed by atoms with Gasteiger partial charge in [0, 0.05) is 35.9 Å². The van der Waals surface area contributed by atoms with Crippen molar-refractivity contribution in [2.75, 3.05) is 18.9 Å². The van der Waals surface area contributed by atoms with Crippen molar-refractivity contribution in [1.29, 1.82) is 0 Å². The first-order valence-corrected chi connectivity index (χ1v) is 11.4. The van der Waals surface area contributed by atoms with Crippen molar-refractivity contribution in [3.8, 4) is 11.5 Å². The van der Waals surface area contributed by atoms with Gasteiger partial charge in [-0.05, 0) is 42.0 Å². The molecule has 0 spiro atoms. The zero-order chi connectivity index (χ0) is 23.4. The number of fused-ring (bicyclic) bond motifs is 1. The molecule has 4 rings (SSSR count). The van der Waals surface area contributed by atoms with Gasteiger partial charge in [0.05, 0.1) is 24.8 Å². The van der Waals surface area contributed by atoms with Gasteiger partial charge in [0.15, 0.2) is 0 Å². The Balaban J connectivity index is 1.42. The minimum atomic E-state index is -3.84. The van der Waals surface area contributed by atoms with Crippen LogP contribution in [-0.2, 0) is 16.6 Å². The minimum Gasteiger partial charge on any atom is -0.497 e.